The summed E-state index contributed by atoms with van der Waals surface area (Å²) in [7, 11) is 0. The first-order chi connectivity index (χ1) is 12.5. The van der Waals surface area contributed by atoms with Gasteiger partial charge in [-0.1, -0.05) is 0 Å². The van der Waals surface area contributed by atoms with E-state index in [9.17, 15) is 0 Å². The highest BCUT2D eigenvalue weighted by Crippen LogP contribution is 2.18. The highest BCUT2D eigenvalue weighted by atomic mass is 16.5. The van der Waals surface area contributed by atoms with Crippen LogP contribution in [0.3, 0.4) is 0 Å². The van der Waals surface area contributed by atoms with Crippen LogP contribution < -0.4 is 21.5 Å². The molecular formula is C19H27N5O2. The van der Waals surface area contributed by atoms with Crippen LogP contribution in [-0.2, 0) is 11.3 Å². The summed E-state index contributed by atoms with van der Waals surface area (Å²) in [5, 5.41) is 3.48. The van der Waals surface area contributed by atoms with E-state index in [0.717, 1.165) is 29.8 Å². The number of nitrogens with one attached hydrogen (secondary N) is 1. The summed E-state index contributed by atoms with van der Waals surface area (Å²) in [5.41, 5.74) is 14.5. The van der Waals surface area contributed by atoms with Crippen molar-refractivity contribution in [2.24, 2.45) is 5.92 Å². The minimum Gasteiger partial charge on any atom is -0.477 e. The number of hydrogen-bond acceptors (Lipinski definition) is 7. The van der Waals surface area contributed by atoms with Gasteiger partial charge in [-0.15, -0.1) is 0 Å². The van der Waals surface area contributed by atoms with Crippen molar-refractivity contribution in [3.63, 3.8) is 0 Å². The van der Waals surface area contributed by atoms with E-state index in [4.69, 9.17) is 20.9 Å². The third-order valence-electron chi connectivity index (χ3n) is 4.36. The number of ether oxygens (including phenoxy) is 2. The van der Waals surface area contributed by atoms with Crippen LogP contribution >= 0.6 is 0 Å². The Morgan fingerprint density at radius 2 is 1.77 bits per heavy atom. The Morgan fingerprint density at radius 1 is 1.04 bits per heavy atom. The Balaban J connectivity index is 1.39. The van der Waals surface area contributed by atoms with Crippen molar-refractivity contribution in [2.75, 3.05) is 31.2 Å². The summed E-state index contributed by atoms with van der Waals surface area (Å²) in [5.74, 6) is 2.04. The maximum Gasteiger partial charge on any atom is 0.215 e. The first-order valence-corrected chi connectivity index (χ1v) is 8.89. The molecule has 7 nitrogen and oxygen atoms in total. The van der Waals surface area contributed by atoms with Crippen molar-refractivity contribution in [1.29, 1.82) is 0 Å². The average molecular weight is 357 g/mol. The molecule has 0 bridgehead atoms. The zero-order chi connectivity index (χ0) is 18.5. The van der Waals surface area contributed by atoms with Gasteiger partial charge in [0.05, 0.1) is 25.5 Å². The lowest BCUT2D eigenvalue weighted by Crippen LogP contribution is -2.26. The quantitative estimate of drug-likeness (QED) is 0.694. The fourth-order valence-electron chi connectivity index (χ4n) is 3.24. The Bertz CT molecular complexity index is 712. The van der Waals surface area contributed by atoms with E-state index in [1.54, 1.807) is 0 Å². The Labute approximate surface area is 154 Å². The molecule has 2 atom stereocenters. The van der Waals surface area contributed by atoms with Crippen LogP contribution in [0.25, 0.3) is 0 Å². The molecule has 0 radical (unpaired) electrons. The molecule has 0 spiro atoms. The highest BCUT2D eigenvalue weighted by molar-refractivity contribution is 5.36. The molecule has 7 heteroatoms. The smallest absolute Gasteiger partial charge is 0.215 e. The van der Waals surface area contributed by atoms with Gasteiger partial charge in [0.15, 0.2) is 0 Å². The second kappa shape index (κ2) is 8.33. The monoisotopic (exact) mass is 357 g/mol. The van der Waals surface area contributed by atoms with E-state index in [0.29, 0.717) is 49.3 Å². The van der Waals surface area contributed by atoms with Gasteiger partial charge in [0, 0.05) is 24.6 Å². The molecule has 0 unspecified atom stereocenters. The maximum absolute atomic E-state index is 5.81. The van der Waals surface area contributed by atoms with Gasteiger partial charge in [-0.25, -0.2) is 4.98 Å². The number of rotatable bonds is 7. The summed E-state index contributed by atoms with van der Waals surface area (Å²) in [4.78, 5) is 8.49. The average Bonchev–Trinajstić information content (AvgIpc) is 2.99. The van der Waals surface area contributed by atoms with Crippen molar-refractivity contribution >= 4 is 11.6 Å². The zero-order valence-corrected chi connectivity index (χ0v) is 15.4. The lowest BCUT2D eigenvalue weighted by Gasteiger charge is -2.13. The van der Waals surface area contributed by atoms with Crippen molar-refractivity contribution in [1.82, 2.24) is 15.3 Å². The summed E-state index contributed by atoms with van der Waals surface area (Å²) in [6.07, 6.45) is 1.00. The van der Waals surface area contributed by atoms with E-state index in [2.05, 4.69) is 15.3 Å². The van der Waals surface area contributed by atoms with Crippen molar-refractivity contribution in [2.45, 2.75) is 32.9 Å². The largest absolute Gasteiger partial charge is 0.477 e. The predicted molar refractivity (Wildman–Crippen MR) is 102 cm³/mol. The first-order valence-electron chi connectivity index (χ1n) is 8.89. The normalized spacial score (nSPS) is 19.6. The van der Waals surface area contributed by atoms with Gasteiger partial charge >= 0.3 is 0 Å². The molecule has 5 N–H and O–H groups in total. The number of nitrogens with two attached hydrogens (primary N) is 2. The van der Waals surface area contributed by atoms with Gasteiger partial charge in [-0.2, -0.15) is 4.98 Å². The van der Waals surface area contributed by atoms with Crippen LogP contribution in [0.5, 0.6) is 5.88 Å². The van der Waals surface area contributed by atoms with E-state index >= 15 is 0 Å². The Morgan fingerprint density at radius 3 is 2.50 bits per heavy atom. The molecule has 0 amide bonds. The minimum atomic E-state index is 0.321. The number of anilines is 2. The SMILES string of the molecule is Cc1cc(N)nc(COC[C@H]2C[C@H](COc3cc(C)cc(N)n3)CN2)c1. The maximum atomic E-state index is 5.81. The molecule has 1 fully saturated rings. The third kappa shape index (κ3) is 5.31. The number of nitrogen functional groups attached to an aromatic ring is 2. The Hall–Kier alpha value is -2.38. The number of pyridine rings is 2. The molecule has 3 rings (SSSR count). The van der Waals surface area contributed by atoms with Gasteiger partial charge in [-0.05, 0) is 49.6 Å². The molecule has 0 aliphatic carbocycles. The molecule has 2 aromatic heterocycles. The van der Waals surface area contributed by atoms with Crippen LogP contribution in [-0.4, -0.2) is 35.8 Å². The van der Waals surface area contributed by atoms with Gasteiger partial charge in [0.1, 0.15) is 11.6 Å². The van der Waals surface area contributed by atoms with Gasteiger partial charge < -0.3 is 26.3 Å². The molecule has 1 aliphatic rings. The summed E-state index contributed by atoms with van der Waals surface area (Å²) < 4.78 is 11.6. The molecule has 2 aromatic rings. The summed E-state index contributed by atoms with van der Waals surface area (Å²) >= 11 is 0. The molecular weight excluding hydrogens is 330 g/mol. The first kappa shape index (κ1) is 18.4. The third-order valence-corrected chi connectivity index (χ3v) is 4.36. The van der Waals surface area contributed by atoms with E-state index in [1.165, 1.54) is 0 Å². The number of hydrogen-bond donors (Lipinski definition) is 3. The molecule has 26 heavy (non-hydrogen) atoms. The zero-order valence-electron chi connectivity index (χ0n) is 15.4. The lowest BCUT2D eigenvalue weighted by molar-refractivity contribution is 0.0994. The van der Waals surface area contributed by atoms with Gasteiger partial charge in [-0.3, -0.25) is 0 Å². The molecule has 1 aliphatic heterocycles. The standard InChI is InChI=1S/C19H27N5O2/c1-12-3-16(23-17(20)4-12)11-25-10-15-7-14(8-22-15)9-26-19-6-13(2)5-18(21)24-19/h3-6,14-15,22H,7-11H2,1-2H3,(H2,20,23)(H2,21,24)/t14-,15+/m0/s1. The van der Waals surface area contributed by atoms with Crippen LogP contribution in [0.15, 0.2) is 24.3 Å². The molecule has 140 valence electrons. The second-order valence-corrected chi connectivity index (χ2v) is 7.00. The highest BCUT2D eigenvalue weighted by Gasteiger charge is 2.25. The topological polar surface area (TPSA) is 108 Å². The molecule has 1 saturated heterocycles. The van der Waals surface area contributed by atoms with E-state index in [-0.39, 0.29) is 0 Å². The van der Waals surface area contributed by atoms with E-state index in [1.807, 2.05) is 38.1 Å². The molecule has 0 aromatic carbocycles. The van der Waals surface area contributed by atoms with Crippen molar-refractivity contribution in [3.05, 3.63) is 41.1 Å². The summed E-state index contributed by atoms with van der Waals surface area (Å²) in [6.45, 7) is 6.62. The van der Waals surface area contributed by atoms with Crippen molar-refractivity contribution < 1.29 is 9.47 Å². The fraction of sp³-hybridized carbons (Fsp3) is 0.474. The van der Waals surface area contributed by atoms with Crippen LogP contribution in [0.1, 0.15) is 23.2 Å². The number of nitrogens with zero attached hydrogens (tertiary/aromatic N) is 2. The predicted octanol–water partition coefficient (Wildman–Crippen LogP) is 1.83. The van der Waals surface area contributed by atoms with Gasteiger partial charge in [0.2, 0.25) is 5.88 Å². The Kier molecular flexibility index (Phi) is 5.90. The van der Waals surface area contributed by atoms with Crippen LogP contribution in [0, 0.1) is 19.8 Å². The molecule has 0 saturated carbocycles. The van der Waals surface area contributed by atoms with E-state index < -0.39 is 0 Å². The summed E-state index contributed by atoms with van der Waals surface area (Å²) in [6, 6.07) is 7.90. The second-order valence-electron chi connectivity index (χ2n) is 7.00. The van der Waals surface area contributed by atoms with Crippen molar-refractivity contribution in [3.8, 4) is 5.88 Å². The van der Waals surface area contributed by atoms with Gasteiger partial charge in [0.25, 0.3) is 0 Å². The number of aryl methyl sites for hydroxylation is 2. The molecule has 3 heterocycles. The van der Waals surface area contributed by atoms with Crippen LogP contribution in [0.4, 0.5) is 11.6 Å². The van der Waals surface area contributed by atoms with Crippen LogP contribution in [0.2, 0.25) is 0 Å². The number of aromatic nitrogens is 2. The lowest BCUT2D eigenvalue weighted by atomic mass is 10.1. The fourth-order valence-corrected chi connectivity index (χ4v) is 3.24. The minimum absolute atomic E-state index is 0.321.